The first-order valence-electron chi connectivity index (χ1n) is 33.4. The van der Waals surface area contributed by atoms with Gasteiger partial charge in [0.1, 0.15) is 41.3 Å². The number of nitrogens with two attached hydrogens (primary N) is 2. The van der Waals surface area contributed by atoms with E-state index in [0.29, 0.717) is 62.9 Å². The number of thiazole rings is 1. The highest BCUT2D eigenvalue weighted by Crippen LogP contribution is 2.31. The second kappa shape index (κ2) is 38.9. The maximum atomic E-state index is 14.7. The zero-order valence-electron chi connectivity index (χ0n) is 59.0. The van der Waals surface area contributed by atoms with Gasteiger partial charge in [0, 0.05) is 57.0 Å². The average molecular weight is 1360 g/mol. The predicted octanol–water partition coefficient (Wildman–Crippen LogP) is 5.98. The number of benzene rings is 2. The average Bonchev–Trinajstić information content (AvgIpc) is 1.41. The molecule has 3 aromatic rings. The summed E-state index contributed by atoms with van der Waals surface area (Å²) < 4.78 is 17.7. The van der Waals surface area contributed by atoms with Crippen LogP contribution in [0.2, 0.25) is 0 Å². The molecule has 11 atom stereocenters. The molecule has 1 aromatic heterocycles. The van der Waals surface area contributed by atoms with Crippen LogP contribution < -0.4 is 54.0 Å². The van der Waals surface area contributed by atoms with Crippen molar-refractivity contribution in [2.24, 2.45) is 40.6 Å². The number of carbonyl (C=O) groups is 10. The van der Waals surface area contributed by atoms with Gasteiger partial charge < -0.3 is 78.0 Å². The highest BCUT2D eigenvalue weighted by molar-refractivity contribution is 7.09. The second-order valence-electron chi connectivity index (χ2n) is 27.2. The molecule has 1 fully saturated rings. The Labute approximate surface area is 571 Å². The summed E-state index contributed by atoms with van der Waals surface area (Å²) in [6.45, 7) is 21.6. The van der Waals surface area contributed by atoms with E-state index in [-0.39, 0.29) is 68.5 Å². The quantitative estimate of drug-likeness (QED) is 0.0295. The second-order valence-corrected chi connectivity index (χ2v) is 28.1. The van der Waals surface area contributed by atoms with Crippen molar-refractivity contribution >= 4 is 76.4 Å². The third-order valence-electron chi connectivity index (χ3n) is 17.5. The van der Waals surface area contributed by atoms with E-state index in [4.69, 9.17) is 25.7 Å². The van der Waals surface area contributed by atoms with Crippen LogP contribution in [0.3, 0.4) is 0 Å². The standard InChI is InChI=1S/C69H109N13O13S/c1-16-43(6)56(52(93-14)39-53(83)82-36-23-28-51(82)57(94-15)44(7)58(84)76-50(62-72-35-37-96-62)38-45-24-18-17-19-25-45)81(13)63(88)55(42(4)5)79-65(90)69(11,12)80-67(92)95-40-46-29-31-47(32-30-46)74-59(85)48(27-22-34-73-66(71)91)75-61(87)54(41(2)3)78-60(86)49(26-20-21-33-70)77-64(89)68(8,9)10/h17-19,24-25,29-32,35,37,41-44,48-52,54-57H,16,20-23,26-28,33-34,36,38-40,70H2,1-15H3,(H,74,85)(H,75,87)(H,76,84)(H,77,89)(H,78,86)(H,79,90)(H,80,92)(H3,71,73,91)/t43-,44+,48-,49-,50-,51-,52+,54-,55-,56-,57+/m0/s1. The molecule has 11 amide bonds. The highest BCUT2D eigenvalue weighted by Gasteiger charge is 2.44. The molecular weight excluding hydrogens is 1250 g/mol. The van der Waals surface area contributed by atoms with Crippen LogP contribution in [0.15, 0.2) is 66.2 Å². The maximum absolute atomic E-state index is 14.7. The van der Waals surface area contributed by atoms with Crippen LogP contribution in [-0.2, 0) is 65.6 Å². The lowest BCUT2D eigenvalue weighted by Gasteiger charge is -2.41. The molecule has 1 aliphatic rings. The number of alkyl carbamates (subject to hydrolysis) is 1. The lowest BCUT2D eigenvalue weighted by molar-refractivity contribution is -0.148. The first-order valence-corrected chi connectivity index (χ1v) is 34.3. The number of likely N-dealkylation sites (N-methyl/N-ethyl adjacent to an activating group) is 1. The Balaban J connectivity index is 1.39. The number of urea groups is 1. The third-order valence-corrected chi connectivity index (χ3v) is 18.4. The number of likely N-dealkylation sites (tertiary alicyclic amines) is 1. The van der Waals surface area contributed by atoms with Crippen LogP contribution in [0.4, 0.5) is 15.3 Å². The Morgan fingerprint density at radius 1 is 0.740 bits per heavy atom. The zero-order valence-corrected chi connectivity index (χ0v) is 59.8. The van der Waals surface area contributed by atoms with Crippen molar-refractivity contribution in [3.05, 3.63) is 82.3 Å². The Morgan fingerprint density at radius 3 is 1.96 bits per heavy atom. The fourth-order valence-corrected chi connectivity index (χ4v) is 12.2. The van der Waals surface area contributed by atoms with E-state index >= 15 is 0 Å². The molecule has 1 saturated heterocycles. The van der Waals surface area contributed by atoms with Crippen LogP contribution in [0.25, 0.3) is 0 Å². The molecule has 0 radical (unpaired) electrons. The smallest absolute Gasteiger partial charge is 0.408 e. The maximum Gasteiger partial charge on any atom is 0.408 e. The van der Waals surface area contributed by atoms with E-state index in [1.807, 2.05) is 56.5 Å². The third kappa shape index (κ3) is 24.7. The number of carbonyl (C=O) groups excluding carboxylic acids is 10. The Kier molecular flexibility index (Phi) is 32.7. The number of rotatable bonds is 38. The SMILES string of the molecule is CC[C@H](C)[C@@H]([C@@H](CC(=O)N1CCC[C@H]1[C@H](OC)[C@@H](C)C(=O)N[C@@H](Cc1ccccc1)c1nccs1)OC)N(C)C(=O)[C@@H](NC(=O)C(C)(C)NC(=O)OCc1ccc(NC(=O)[C@H](CCCNC(N)=O)NC(=O)[C@@H](NC(=O)[C@H](CCCCN)NC(=O)C(C)(C)C)C(C)C)cc1)C(C)C. The number of nitrogens with one attached hydrogen (secondary N) is 8. The van der Waals surface area contributed by atoms with Crippen molar-refractivity contribution in [1.82, 2.24) is 52.0 Å². The molecule has 96 heavy (non-hydrogen) atoms. The summed E-state index contributed by atoms with van der Waals surface area (Å²) in [4.78, 5) is 145. The van der Waals surface area contributed by atoms with E-state index in [1.54, 1.807) is 103 Å². The molecule has 0 aliphatic carbocycles. The van der Waals surface area contributed by atoms with E-state index in [1.165, 1.54) is 32.3 Å². The molecule has 534 valence electrons. The number of unbranched alkanes of at least 4 members (excludes halogenated alkanes) is 1. The number of nitrogens with zero attached hydrogens (tertiary/aromatic N) is 3. The van der Waals surface area contributed by atoms with Gasteiger partial charge in [0.15, 0.2) is 0 Å². The van der Waals surface area contributed by atoms with Gasteiger partial charge in [-0.1, -0.05) is 118 Å². The highest BCUT2D eigenvalue weighted by atomic mass is 32.1. The summed E-state index contributed by atoms with van der Waals surface area (Å²) >= 11 is 1.47. The number of primary amides is 1. The Hall–Kier alpha value is -7.75. The molecular formula is C69H109N13O13S. The summed E-state index contributed by atoms with van der Waals surface area (Å²) in [5.41, 5.74) is 10.5. The summed E-state index contributed by atoms with van der Waals surface area (Å²) in [6.07, 6.45) is 3.54. The largest absolute Gasteiger partial charge is 0.445 e. The Bertz CT molecular complexity index is 3000. The lowest BCUT2D eigenvalue weighted by atomic mass is 9.89. The first kappa shape index (κ1) is 80.7. The zero-order chi connectivity index (χ0) is 71.6. The van der Waals surface area contributed by atoms with Crippen molar-refractivity contribution in [1.29, 1.82) is 0 Å². The van der Waals surface area contributed by atoms with Gasteiger partial charge in [-0.15, -0.1) is 11.3 Å². The molecule has 0 bridgehead atoms. The van der Waals surface area contributed by atoms with Gasteiger partial charge >= 0.3 is 12.1 Å². The minimum atomic E-state index is -1.59. The first-order chi connectivity index (χ1) is 45.3. The predicted molar refractivity (Wildman–Crippen MR) is 368 cm³/mol. The molecule has 2 heterocycles. The number of methoxy groups -OCH3 is 2. The van der Waals surface area contributed by atoms with Crippen LogP contribution in [0.1, 0.15) is 163 Å². The van der Waals surface area contributed by atoms with Crippen LogP contribution in [0.5, 0.6) is 0 Å². The lowest BCUT2D eigenvalue weighted by Crippen LogP contribution is -2.62. The fourth-order valence-electron chi connectivity index (χ4n) is 11.5. The summed E-state index contributed by atoms with van der Waals surface area (Å²) in [5.74, 6) is -5.38. The minimum absolute atomic E-state index is 0.0625. The van der Waals surface area contributed by atoms with Crippen molar-refractivity contribution in [3.8, 4) is 0 Å². The van der Waals surface area contributed by atoms with Gasteiger partial charge in [-0.25, -0.2) is 14.6 Å². The van der Waals surface area contributed by atoms with Gasteiger partial charge in [-0.2, -0.15) is 0 Å². The topological polar surface area (TPSA) is 366 Å². The number of hydrogen-bond acceptors (Lipinski definition) is 16. The molecule has 0 saturated carbocycles. The van der Waals surface area contributed by atoms with Crippen LogP contribution in [-0.4, -0.2) is 169 Å². The fraction of sp³-hybridized carbons (Fsp3) is 0.638. The number of amides is 11. The Morgan fingerprint density at radius 2 is 1.39 bits per heavy atom. The molecule has 0 spiro atoms. The monoisotopic (exact) mass is 1360 g/mol. The van der Waals surface area contributed by atoms with Gasteiger partial charge in [-0.3, -0.25) is 38.4 Å². The van der Waals surface area contributed by atoms with E-state index < -0.39 is 119 Å². The summed E-state index contributed by atoms with van der Waals surface area (Å²) in [7, 11) is 4.69. The molecule has 27 heteroatoms. The van der Waals surface area contributed by atoms with Gasteiger partial charge in [-0.05, 0) is 113 Å². The van der Waals surface area contributed by atoms with Crippen molar-refractivity contribution in [2.45, 2.75) is 214 Å². The number of anilines is 1. The molecule has 2 aromatic carbocycles. The normalized spacial score (nSPS) is 16.4. The van der Waals surface area contributed by atoms with E-state index in [2.05, 4.69) is 47.5 Å². The van der Waals surface area contributed by atoms with E-state index in [0.717, 1.165) is 10.6 Å². The van der Waals surface area contributed by atoms with Gasteiger partial charge in [0.2, 0.25) is 47.3 Å². The van der Waals surface area contributed by atoms with Crippen LogP contribution >= 0.6 is 11.3 Å². The number of aromatic nitrogens is 1. The van der Waals surface area contributed by atoms with E-state index in [9.17, 15) is 47.9 Å². The summed E-state index contributed by atoms with van der Waals surface area (Å²) in [6, 6.07) is 9.75. The molecule has 12 N–H and O–H groups in total. The number of hydrogen-bond donors (Lipinski definition) is 10. The van der Waals surface area contributed by atoms with Gasteiger partial charge in [0.25, 0.3) is 0 Å². The molecule has 4 rings (SSSR count). The molecule has 0 unspecified atom stereocenters. The minimum Gasteiger partial charge on any atom is -0.445 e. The number of ether oxygens (including phenoxy) is 3. The molecule has 26 nitrogen and oxygen atoms in total. The van der Waals surface area contributed by atoms with Crippen molar-refractivity contribution < 1.29 is 62.2 Å². The van der Waals surface area contributed by atoms with Crippen LogP contribution in [0, 0.1) is 29.1 Å². The van der Waals surface area contributed by atoms with Crippen molar-refractivity contribution in [3.63, 3.8) is 0 Å². The van der Waals surface area contributed by atoms with Gasteiger partial charge in [0.05, 0.1) is 42.7 Å². The summed E-state index contributed by atoms with van der Waals surface area (Å²) in [5, 5.41) is 24.9. The molecule has 1 aliphatic heterocycles. The van der Waals surface area contributed by atoms with Crippen molar-refractivity contribution in [2.75, 3.05) is 46.2 Å².